The van der Waals surface area contributed by atoms with Crippen LogP contribution in [0.2, 0.25) is 0 Å². The Morgan fingerprint density at radius 1 is 1.33 bits per heavy atom. The Morgan fingerprint density at radius 3 is 2.79 bits per heavy atom. The zero-order valence-electron chi connectivity index (χ0n) is 13.0. The topological polar surface area (TPSA) is 75.4 Å². The number of nitrogens with one attached hydrogen (secondary N) is 1. The molecule has 0 saturated carbocycles. The van der Waals surface area contributed by atoms with E-state index < -0.39 is 12.0 Å². The lowest BCUT2D eigenvalue weighted by atomic mass is 10.1. The molecule has 7 nitrogen and oxygen atoms in total. The fraction of sp³-hybridized carbons (Fsp3) is 0.571. The molecule has 0 aromatic carbocycles. The molecule has 24 heavy (non-hydrogen) atoms. The summed E-state index contributed by atoms with van der Waals surface area (Å²) < 4.78 is 39.2. The van der Waals surface area contributed by atoms with Gasteiger partial charge in [0.15, 0.2) is 5.65 Å². The van der Waals surface area contributed by atoms with Crippen LogP contribution in [0.25, 0.3) is 5.65 Å². The van der Waals surface area contributed by atoms with E-state index in [0.717, 1.165) is 13.0 Å². The fourth-order valence-electron chi connectivity index (χ4n) is 2.68. The van der Waals surface area contributed by atoms with Gasteiger partial charge in [0.25, 0.3) is 5.82 Å². The van der Waals surface area contributed by atoms with Gasteiger partial charge in [0.2, 0.25) is 5.91 Å². The molecule has 0 radical (unpaired) electrons. The molecule has 1 saturated heterocycles. The molecule has 2 aromatic rings. The zero-order chi connectivity index (χ0) is 17.3. The van der Waals surface area contributed by atoms with Crippen LogP contribution in [0.3, 0.4) is 0 Å². The van der Waals surface area contributed by atoms with Gasteiger partial charge in [0.1, 0.15) is 5.82 Å². The first-order valence-corrected chi connectivity index (χ1v) is 7.66. The van der Waals surface area contributed by atoms with Crippen molar-refractivity contribution in [3.05, 3.63) is 18.0 Å². The van der Waals surface area contributed by atoms with Gasteiger partial charge < -0.3 is 10.2 Å². The van der Waals surface area contributed by atoms with E-state index in [9.17, 15) is 18.0 Å². The molecular weight excluding hydrogens is 325 g/mol. The average molecular weight is 342 g/mol. The number of hydrogen-bond acceptors (Lipinski definition) is 5. The quantitative estimate of drug-likeness (QED) is 0.897. The second-order valence-corrected chi connectivity index (χ2v) is 5.94. The van der Waals surface area contributed by atoms with Crippen LogP contribution in [0.1, 0.15) is 25.6 Å². The SMILES string of the molecule is C[C@@H](CNc1ccc2nnc(C(F)(F)F)n2n1)CN1CCCC1=O. The molecule has 0 spiro atoms. The normalized spacial score (nSPS) is 16.8. The molecule has 1 fully saturated rings. The fourth-order valence-corrected chi connectivity index (χ4v) is 2.68. The van der Waals surface area contributed by atoms with Gasteiger partial charge in [-0.1, -0.05) is 6.92 Å². The van der Waals surface area contributed by atoms with Gasteiger partial charge in [0.05, 0.1) is 0 Å². The highest BCUT2D eigenvalue weighted by Crippen LogP contribution is 2.27. The highest BCUT2D eigenvalue weighted by atomic mass is 19.4. The highest BCUT2D eigenvalue weighted by molar-refractivity contribution is 5.78. The zero-order valence-corrected chi connectivity index (χ0v) is 13.0. The average Bonchev–Trinajstić information content (AvgIpc) is 3.11. The molecule has 0 bridgehead atoms. The number of carbonyl (C=O) groups excluding carboxylic acids is 1. The Bertz CT molecular complexity index is 744. The van der Waals surface area contributed by atoms with Crippen molar-refractivity contribution < 1.29 is 18.0 Å². The summed E-state index contributed by atoms with van der Waals surface area (Å²) in [6, 6.07) is 2.98. The predicted molar refractivity (Wildman–Crippen MR) is 79.3 cm³/mol. The Balaban J connectivity index is 1.65. The second-order valence-electron chi connectivity index (χ2n) is 5.94. The number of alkyl halides is 3. The summed E-state index contributed by atoms with van der Waals surface area (Å²) in [7, 11) is 0. The molecule has 1 aliphatic heterocycles. The molecular formula is C14H17F3N6O. The Kier molecular flexibility index (Phi) is 4.29. The molecule has 10 heteroatoms. The lowest BCUT2D eigenvalue weighted by Crippen LogP contribution is -2.32. The summed E-state index contributed by atoms with van der Waals surface area (Å²) in [5.74, 6) is -0.558. The van der Waals surface area contributed by atoms with E-state index in [1.165, 1.54) is 6.07 Å². The van der Waals surface area contributed by atoms with E-state index in [4.69, 9.17) is 0 Å². The molecule has 0 aliphatic carbocycles. The third kappa shape index (κ3) is 3.41. The molecule has 0 unspecified atom stereocenters. The molecule has 1 amide bonds. The number of likely N-dealkylation sites (tertiary alicyclic amines) is 1. The number of halogens is 3. The van der Waals surface area contributed by atoms with E-state index in [1.807, 2.05) is 11.8 Å². The number of fused-ring (bicyclic) bond motifs is 1. The van der Waals surface area contributed by atoms with Crippen molar-refractivity contribution in [1.82, 2.24) is 24.7 Å². The largest absolute Gasteiger partial charge is 0.453 e. The monoisotopic (exact) mass is 342 g/mol. The Hall–Kier alpha value is -2.39. The number of rotatable bonds is 5. The number of aromatic nitrogens is 4. The van der Waals surface area contributed by atoms with Gasteiger partial charge in [-0.3, -0.25) is 4.79 Å². The van der Waals surface area contributed by atoms with Crippen LogP contribution in [0.15, 0.2) is 12.1 Å². The first-order chi connectivity index (χ1) is 11.3. The Morgan fingerprint density at radius 2 is 2.12 bits per heavy atom. The number of anilines is 1. The van der Waals surface area contributed by atoms with Gasteiger partial charge >= 0.3 is 6.18 Å². The van der Waals surface area contributed by atoms with E-state index in [0.29, 0.717) is 29.8 Å². The van der Waals surface area contributed by atoms with Crippen molar-refractivity contribution in [3.63, 3.8) is 0 Å². The lowest BCUT2D eigenvalue weighted by Gasteiger charge is -2.21. The third-order valence-corrected chi connectivity index (χ3v) is 3.85. The highest BCUT2D eigenvalue weighted by Gasteiger charge is 2.37. The summed E-state index contributed by atoms with van der Waals surface area (Å²) in [4.78, 5) is 13.4. The summed E-state index contributed by atoms with van der Waals surface area (Å²) in [5, 5.41) is 13.5. The number of hydrogen-bond donors (Lipinski definition) is 1. The Labute approximate surface area is 135 Å². The van der Waals surface area contributed by atoms with E-state index in [-0.39, 0.29) is 17.5 Å². The summed E-state index contributed by atoms with van der Waals surface area (Å²) in [6.45, 7) is 3.85. The van der Waals surface area contributed by atoms with Crippen LogP contribution in [0, 0.1) is 5.92 Å². The van der Waals surface area contributed by atoms with E-state index >= 15 is 0 Å². The van der Waals surface area contributed by atoms with Gasteiger partial charge in [0, 0.05) is 26.1 Å². The molecule has 130 valence electrons. The van der Waals surface area contributed by atoms with Gasteiger partial charge in [-0.2, -0.15) is 17.7 Å². The summed E-state index contributed by atoms with van der Waals surface area (Å²) >= 11 is 0. The third-order valence-electron chi connectivity index (χ3n) is 3.85. The molecule has 1 N–H and O–H groups in total. The minimum absolute atomic E-state index is 0.0311. The second kappa shape index (κ2) is 6.25. The molecule has 2 aromatic heterocycles. The van der Waals surface area contributed by atoms with Gasteiger partial charge in [-0.15, -0.1) is 15.3 Å². The van der Waals surface area contributed by atoms with Crippen LogP contribution in [0.5, 0.6) is 0 Å². The van der Waals surface area contributed by atoms with Crippen LogP contribution in [0.4, 0.5) is 19.0 Å². The van der Waals surface area contributed by atoms with Crippen LogP contribution < -0.4 is 5.32 Å². The first kappa shape index (κ1) is 16.5. The van der Waals surface area contributed by atoms with E-state index in [1.54, 1.807) is 6.07 Å². The maximum atomic E-state index is 12.8. The number of carbonyl (C=O) groups is 1. The van der Waals surface area contributed by atoms with Crippen molar-refractivity contribution in [2.24, 2.45) is 5.92 Å². The predicted octanol–water partition coefficient (Wildman–Crippen LogP) is 1.81. The van der Waals surface area contributed by atoms with Crippen LogP contribution in [-0.2, 0) is 11.0 Å². The maximum Gasteiger partial charge on any atom is 0.453 e. The number of nitrogens with zero attached hydrogens (tertiary/aromatic N) is 5. The van der Waals surface area contributed by atoms with Crippen molar-refractivity contribution in [2.45, 2.75) is 25.9 Å². The first-order valence-electron chi connectivity index (χ1n) is 7.66. The van der Waals surface area contributed by atoms with Crippen molar-refractivity contribution >= 4 is 17.4 Å². The van der Waals surface area contributed by atoms with Crippen LogP contribution >= 0.6 is 0 Å². The molecule has 1 atom stereocenters. The van der Waals surface area contributed by atoms with Crippen LogP contribution in [-0.4, -0.2) is 50.3 Å². The van der Waals surface area contributed by atoms with Gasteiger partial charge in [-0.05, 0) is 24.5 Å². The summed E-state index contributed by atoms with van der Waals surface area (Å²) in [5.41, 5.74) is 0.0311. The smallest absolute Gasteiger partial charge is 0.368 e. The van der Waals surface area contributed by atoms with Crippen molar-refractivity contribution in [1.29, 1.82) is 0 Å². The standard InChI is InChI=1S/C14H17F3N6O/c1-9(8-22-6-2-3-12(22)24)7-18-10-4-5-11-19-20-13(14(15,16)17)23(11)21-10/h4-5,9H,2-3,6-8H2,1H3,(H,18,21)/t9-/m0/s1. The maximum absolute atomic E-state index is 12.8. The molecule has 3 heterocycles. The number of amides is 1. The van der Waals surface area contributed by atoms with Crippen molar-refractivity contribution in [3.8, 4) is 0 Å². The minimum atomic E-state index is -4.62. The minimum Gasteiger partial charge on any atom is -0.368 e. The molecule has 3 rings (SSSR count). The van der Waals surface area contributed by atoms with Crippen molar-refractivity contribution in [2.75, 3.05) is 25.0 Å². The lowest BCUT2D eigenvalue weighted by molar-refractivity contribution is -0.146. The summed E-state index contributed by atoms with van der Waals surface area (Å²) in [6.07, 6.45) is -3.15. The molecule has 1 aliphatic rings. The van der Waals surface area contributed by atoms with E-state index in [2.05, 4.69) is 20.6 Å². The van der Waals surface area contributed by atoms with Gasteiger partial charge in [-0.25, -0.2) is 0 Å².